The molecule has 0 aliphatic carbocycles. The van der Waals surface area contributed by atoms with Gasteiger partial charge in [0.1, 0.15) is 0 Å². The van der Waals surface area contributed by atoms with Crippen LogP contribution in [0.2, 0.25) is 0 Å². The fourth-order valence-electron chi connectivity index (χ4n) is 3.06. The van der Waals surface area contributed by atoms with Crippen LogP contribution in [0, 0.1) is 6.92 Å². The largest absolute Gasteiger partial charge is 0.371 e. The van der Waals surface area contributed by atoms with E-state index in [0.29, 0.717) is 5.92 Å². The SMILES string of the molecule is Cc1cccc(N2CCC(c3cccc(Br)c3)CC2)c1. The van der Waals surface area contributed by atoms with Gasteiger partial charge in [-0.25, -0.2) is 0 Å². The fraction of sp³-hybridized carbons (Fsp3) is 0.333. The van der Waals surface area contributed by atoms with Crippen molar-refractivity contribution in [1.82, 2.24) is 0 Å². The number of piperidine rings is 1. The van der Waals surface area contributed by atoms with Gasteiger partial charge in [-0.1, -0.05) is 40.2 Å². The highest BCUT2D eigenvalue weighted by molar-refractivity contribution is 9.10. The molecule has 2 aromatic rings. The number of nitrogens with zero attached hydrogens (tertiary/aromatic N) is 1. The predicted octanol–water partition coefficient (Wildman–Crippen LogP) is 5.14. The molecule has 1 fully saturated rings. The quantitative estimate of drug-likeness (QED) is 0.737. The first-order valence-corrected chi connectivity index (χ1v) is 8.09. The van der Waals surface area contributed by atoms with E-state index < -0.39 is 0 Å². The molecular weight excluding hydrogens is 310 g/mol. The van der Waals surface area contributed by atoms with Crippen LogP contribution in [0.15, 0.2) is 53.0 Å². The zero-order valence-corrected chi connectivity index (χ0v) is 13.4. The average Bonchev–Trinajstić information content (AvgIpc) is 2.47. The first-order valence-electron chi connectivity index (χ1n) is 7.29. The summed E-state index contributed by atoms with van der Waals surface area (Å²) in [5, 5.41) is 0. The van der Waals surface area contributed by atoms with Gasteiger partial charge in [-0.3, -0.25) is 0 Å². The van der Waals surface area contributed by atoms with E-state index in [0.717, 1.165) is 13.1 Å². The first-order chi connectivity index (χ1) is 9.72. The topological polar surface area (TPSA) is 3.24 Å². The summed E-state index contributed by atoms with van der Waals surface area (Å²) in [5.41, 5.74) is 4.19. The summed E-state index contributed by atoms with van der Waals surface area (Å²) in [6, 6.07) is 17.6. The van der Waals surface area contributed by atoms with Crippen LogP contribution in [0.25, 0.3) is 0 Å². The lowest BCUT2D eigenvalue weighted by Crippen LogP contribution is -2.32. The minimum absolute atomic E-state index is 0.702. The Balaban J connectivity index is 1.68. The molecule has 0 saturated carbocycles. The highest BCUT2D eigenvalue weighted by Crippen LogP contribution is 2.31. The lowest BCUT2D eigenvalue weighted by atomic mass is 9.89. The van der Waals surface area contributed by atoms with Gasteiger partial charge in [-0.2, -0.15) is 0 Å². The van der Waals surface area contributed by atoms with Crippen molar-refractivity contribution in [2.45, 2.75) is 25.7 Å². The zero-order valence-electron chi connectivity index (χ0n) is 11.8. The molecule has 0 N–H and O–H groups in total. The normalized spacial score (nSPS) is 16.4. The highest BCUT2D eigenvalue weighted by atomic mass is 79.9. The summed E-state index contributed by atoms with van der Waals surface area (Å²) in [4.78, 5) is 2.52. The van der Waals surface area contributed by atoms with Crippen molar-refractivity contribution in [1.29, 1.82) is 0 Å². The molecule has 2 heteroatoms. The van der Waals surface area contributed by atoms with E-state index in [9.17, 15) is 0 Å². The Morgan fingerprint density at radius 1 is 1.00 bits per heavy atom. The van der Waals surface area contributed by atoms with Gasteiger partial charge in [0, 0.05) is 23.2 Å². The van der Waals surface area contributed by atoms with Crippen molar-refractivity contribution in [3.8, 4) is 0 Å². The third-order valence-corrected chi connectivity index (χ3v) is 4.68. The second-order valence-electron chi connectivity index (χ2n) is 5.66. The van der Waals surface area contributed by atoms with Gasteiger partial charge in [0.05, 0.1) is 0 Å². The van der Waals surface area contributed by atoms with Gasteiger partial charge in [0.2, 0.25) is 0 Å². The van der Waals surface area contributed by atoms with Gasteiger partial charge in [0.15, 0.2) is 0 Å². The van der Waals surface area contributed by atoms with Crippen LogP contribution >= 0.6 is 15.9 Å². The van der Waals surface area contributed by atoms with Gasteiger partial charge < -0.3 is 4.90 Å². The van der Waals surface area contributed by atoms with Gasteiger partial charge in [-0.05, 0) is 61.1 Å². The molecule has 0 atom stereocenters. The molecule has 20 heavy (non-hydrogen) atoms. The Hall–Kier alpha value is -1.28. The van der Waals surface area contributed by atoms with Crippen molar-refractivity contribution < 1.29 is 0 Å². The molecular formula is C18H20BrN. The van der Waals surface area contributed by atoms with Crippen LogP contribution in [-0.4, -0.2) is 13.1 Å². The molecule has 0 spiro atoms. The second-order valence-corrected chi connectivity index (χ2v) is 6.57. The van der Waals surface area contributed by atoms with E-state index in [1.54, 1.807) is 0 Å². The van der Waals surface area contributed by atoms with Crippen LogP contribution in [-0.2, 0) is 0 Å². The molecule has 0 bridgehead atoms. The molecule has 0 unspecified atom stereocenters. The van der Waals surface area contributed by atoms with Crippen LogP contribution in [0.4, 0.5) is 5.69 Å². The monoisotopic (exact) mass is 329 g/mol. The predicted molar refractivity (Wildman–Crippen MR) is 89.5 cm³/mol. The van der Waals surface area contributed by atoms with Crippen molar-refractivity contribution in [2.24, 2.45) is 0 Å². The Labute approximate surface area is 129 Å². The van der Waals surface area contributed by atoms with Crippen molar-refractivity contribution in [3.63, 3.8) is 0 Å². The molecule has 1 saturated heterocycles. The molecule has 1 heterocycles. The maximum Gasteiger partial charge on any atom is 0.0368 e. The van der Waals surface area contributed by atoms with Gasteiger partial charge in [-0.15, -0.1) is 0 Å². The van der Waals surface area contributed by atoms with Crippen LogP contribution in [0.1, 0.15) is 29.9 Å². The maximum absolute atomic E-state index is 3.57. The summed E-state index contributed by atoms with van der Waals surface area (Å²) in [6.45, 7) is 4.47. The molecule has 1 aliphatic heterocycles. The first kappa shape index (κ1) is 13.7. The van der Waals surface area contributed by atoms with E-state index in [2.05, 4.69) is 76.3 Å². The fourth-order valence-corrected chi connectivity index (χ4v) is 3.47. The van der Waals surface area contributed by atoms with Crippen molar-refractivity contribution in [2.75, 3.05) is 18.0 Å². The minimum atomic E-state index is 0.702. The molecule has 3 rings (SSSR count). The molecule has 0 amide bonds. The summed E-state index contributed by atoms with van der Waals surface area (Å²) < 4.78 is 1.19. The Morgan fingerprint density at radius 3 is 2.45 bits per heavy atom. The number of halogens is 1. The molecule has 1 aliphatic rings. The maximum atomic E-state index is 3.57. The van der Waals surface area contributed by atoms with Crippen LogP contribution in [0.3, 0.4) is 0 Å². The summed E-state index contributed by atoms with van der Waals surface area (Å²) in [6.07, 6.45) is 2.48. The van der Waals surface area contributed by atoms with Crippen LogP contribution < -0.4 is 4.90 Å². The Kier molecular flexibility index (Phi) is 4.11. The van der Waals surface area contributed by atoms with E-state index in [-0.39, 0.29) is 0 Å². The summed E-state index contributed by atoms with van der Waals surface area (Å²) >= 11 is 3.57. The number of hydrogen-bond acceptors (Lipinski definition) is 1. The molecule has 0 aromatic heterocycles. The second kappa shape index (κ2) is 6.01. The van der Waals surface area contributed by atoms with Crippen LogP contribution in [0.5, 0.6) is 0 Å². The lowest BCUT2D eigenvalue weighted by molar-refractivity contribution is 0.505. The Morgan fingerprint density at radius 2 is 1.75 bits per heavy atom. The lowest BCUT2D eigenvalue weighted by Gasteiger charge is -2.34. The minimum Gasteiger partial charge on any atom is -0.371 e. The van der Waals surface area contributed by atoms with E-state index in [4.69, 9.17) is 0 Å². The van der Waals surface area contributed by atoms with Crippen molar-refractivity contribution >= 4 is 21.6 Å². The molecule has 0 radical (unpaired) electrons. The van der Waals surface area contributed by atoms with Crippen molar-refractivity contribution in [3.05, 3.63) is 64.1 Å². The molecule has 2 aromatic carbocycles. The van der Waals surface area contributed by atoms with E-state index in [1.807, 2.05) is 0 Å². The van der Waals surface area contributed by atoms with E-state index >= 15 is 0 Å². The zero-order chi connectivity index (χ0) is 13.9. The number of benzene rings is 2. The number of rotatable bonds is 2. The Bertz CT molecular complexity index is 532. The van der Waals surface area contributed by atoms with Gasteiger partial charge >= 0.3 is 0 Å². The molecule has 1 nitrogen and oxygen atoms in total. The highest BCUT2D eigenvalue weighted by Gasteiger charge is 2.20. The smallest absolute Gasteiger partial charge is 0.0368 e. The third-order valence-electron chi connectivity index (χ3n) is 4.18. The number of anilines is 1. The number of aryl methyl sites for hydroxylation is 1. The molecule has 104 valence electrons. The van der Waals surface area contributed by atoms with E-state index in [1.165, 1.54) is 34.1 Å². The standard InChI is InChI=1S/C18H20BrN/c1-14-4-2-7-18(12-14)20-10-8-15(9-11-20)16-5-3-6-17(19)13-16/h2-7,12-13,15H,8-11H2,1H3. The summed E-state index contributed by atoms with van der Waals surface area (Å²) in [5.74, 6) is 0.702. The average molecular weight is 330 g/mol. The summed E-state index contributed by atoms with van der Waals surface area (Å²) in [7, 11) is 0. The third kappa shape index (κ3) is 3.06. The van der Waals surface area contributed by atoms with Gasteiger partial charge in [0.25, 0.3) is 0 Å². The number of hydrogen-bond donors (Lipinski definition) is 0.